The Hall–Kier alpha value is -3.18. The number of nitrogens with zero attached hydrogens (tertiary/aromatic N) is 5. The van der Waals surface area contributed by atoms with Crippen molar-refractivity contribution in [3.63, 3.8) is 0 Å². The quantitative estimate of drug-likeness (QED) is 0.459. The highest BCUT2D eigenvalue weighted by molar-refractivity contribution is 7.22. The molecule has 1 aliphatic heterocycles. The summed E-state index contributed by atoms with van der Waals surface area (Å²) >= 11 is 2.94. The molecule has 31 heavy (non-hydrogen) atoms. The van der Waals surface area contributed by atoms with Crippen molar-refractivity contribution in [2.75, 3.05) is 28.6 Å². The van der Waals surface area contributed by atoms with Crippen LogP contribution in [0.25, 0.3) is 10.3 Å². The lowest BCUT2D eigenvalue weighted by Crippen LogP contribution is -2.25. The number of pyridine rings is 1. The summed E-state index contributed by atoms with van der Waals surface area (Å²) in [5, 5.41) is 16.4. The minimum atomic E-state index is -0.325. The van der Waals surface area contributed by atoms with Crippen molar-refractivity contribution in [2.24, 2.45) is 0 Å². The molecule has 5 rings (SSSR count). The Bertz CT molecular complexity index is 1180. The molecule has 158 valence electrons. The molecule has 0 bridgehead atoms. The summed E-state index contributed by atoms with van der Waals surface area (Å²) in [6, 6.07) is 10.0. The molecule has 4 aromatic rings. The number of thiazole rings is 1. The average molecular weight is 456 g/mol. The van der Waals surface area contributed by atoms with Crippen LogP contribution in [0.2, 0.25) is 0 Å². The van der Waals surface area contributed by atoms with E-state index in [4.69, 9.17) is 0 Å². The maximum absolute atomic E-state index is 13.0. The minimum Gasteiger partial charge on any atom is -0.355 e. The molecular weight excluding hydrogens is 437 g/mol. The van der Waals surface area contributed by atoms with Gasteiger partial charge in [0.05, 0.1) is 11.1 Å². The molecule has 1 amide bonds. The van der Waals surface area contributed by atoms with Crippen molar-refractivity contribution < 1.29 is 9.18 Å². The molecule has 0 aliphatic carbocycles. The zero-order valence-corrected chi connectivity index (χ0v) is 17.9. The van der Waals surface area contributed by atoms with Gasteiger partial charge in [-0.15, -0.1) is 10.2 Å². The first kappa shape index (κ1) is 19.8. The number of aromatic nitrogens is 4. The van der Waals surface area contributed by atoms with Crippen LogP contribution in [0, 0.1) is 5.82 Å². The number of carbonyl (C=O) groups excluding carboxylic acids is 1. The minimum absolute atomic E-state index is 0.150. The van der Waals surface area contributed by atoms with E-state index in [1.54, 1.807) is 29.7 Å². The second kappa shape index (κ2) is 8.52. The van der Waals surface area contributed by atoms with E-state index in [0.717, 1.165) is 40.6 Å². The molecule has 1 aliphatic rings. The van der Waals surface area contributed by atoms with Gasteiger partial charge in [-0.2, -0.15) is 4.98 Å². The number of hydrogen-bond donors (Lipinski definition) is 2. The normalized spacial score (nSPS) is 16.0. The van der Waals surface area contributed by atoms with E-state index >= 15 is 0 Å². The Morgan fingerprint density at radius 2 is 2.00 bits per heavy atom. The molecule has 2 N–H and O–H groups in total. The zero-order valence-electron chi connectivity index (χ0n) is 16.3. The molecule has 0 spiro atoms. The predicted octanol–water partition coefficient (Wildman–Crippen LogP) is 3.55. The molecule has 8 nitrogen and oxygen atoms in total. The van der Waals surface area contributed by atoms with Gasteiger partial charge in [0.25, 0.3) is 0 Å². The molecule has 1 atom stereocenters. The van der Waals surface area contributed by atoms with Crippen LogP contribution in [-0.2, 0) is 11.2 Å². The van der Waals surface area contributed by atoms with E-state index < -0.39 is 0 Å². The second-order valence-electron chi connectivity index (χ2n) is 7.16. The molecule has 11 heteroatoms. The fraction of sp³-hybridized carbons (Fsp3) is 0.250. The van der Waals surface area contributed by atoms with E-state index in [1.807, 2.05) is 12.1 Å². The first-order valence-corrected chi connectivity index (χ1v) is 11.4. The molecular formula is C20H18FN7OS2. The van der Waals surface area contributed by atoms with Crippen molar-refractivity contribution in [1.82, 2.24) is 20.2 Å². The summed E-state index contributed by atoms with van der Waals surface area (Å²) in [6.07, 6.45) is 2.86. The van der Waals surface area contributed by atoms with Gasteiger partial charge in [0.1, 0.15) is 5.82 Å². The summed E-state index contributed by atoms with van der Waals surface area (Å²) in [7, 11) is 0. The number of nitrogens with one attached hydrogen (secondary N) is 2. The maximum atomic E-state index is 13.0. The maximum Gasteiger partial charge on any atom is 0.230 e. The van der Waals surface area contributed by atoms with E-state index in [0.29, 0.717) is 10.3 Å². The summed E-state index contributed by atoms with van der Waals surface area (Å²) in [4.78, 5) is 23.4. The van der Waals surface area contributed by atoms with Crippen molar-refractivity contribution in [2.45, 2.75) is 18.9 Å². The van der Waals surface area contributed by atoms with Crippen LogP contribution < -0.4 is 15.5 Å². The van der Waals surface area contributed by atoms with Crippen LogP contribution in [0.15, 0.2) is 42.6 Å². The highest BCUT2D eigenvalue weighted by Crippen LogP contribution is 2.31. The molecule has 1 saturated heterocycles. The first-order chi connectivity index (χ1) is 15.1. The van der Waals surface area contributed by atoms with Crippen LogP contribution in [0.5, 0.6) is 0 Å². The van der Waals surface area contributed by atoms with Crippen LogP contribution in [0.3, 0.4) is 0 Å². The largest absolute Gasteiger partial charge is 0.355 e. The van der Waals surface area contributed by atoms with Gasteiger partial charge in [-0.25, -0.2) is 9.37 Å². The van der Waals surface area contributed by atoms with Gasteiger partial charge in [0.15, 0.2) is 10.8 Å². The molecule has 1 aromatic carbocycles. The highest BCUT2D eigenvalue weighted by Gasteiger charge is 2.26. The van der Waals surface area contributed by atoms with Gasteiger partial charge in [-0.1, -0.05) is 34.8 Å². The Balaban J connectivity index is 1.15. The Labute approximate surface area is 185 Å². The molecule has 0 saturated carbocycles. The topological polar surface area (TPSA) is 95.9 Å². The van der Waals surface area contributed by atoms with Crippen molar-refractivity contribution in [3.05, 3.63) is 54.0 Å². The standard InChI is InChI=1S/C20H18FN7OS2/c21-13-5-3-12(4-6-13)10-16(29)24-19-27-26-18(31-19)23-14-7-9-28(11-14)20-25-17-15(30-20)2-1-8-22-17/h1-6,8,14H,7,9-11H2,(H,23,26)(H,24,27,29)/t14-/m1/s1. The number of halogens is 1. The summed E-state index contributed by atoms with van der Waals surface area (Å²) in [5.41, 5.74) is 1.52. The van der Waals surface area contributed by atoms with Gasteiger partial charge in [0, 0.05) is 25.3 Å². The van der Waals surface area contributed by atoms with Gasteiger partial charge in [0.2, 0.25) is 16.2 Å². The van der Waals surface area contributed by atoms with Crippen molar-refractivity contribution >= 4 is 54.3 Å². The molecule has 3 aromatic heterocycles. The lowest BCUT2D eigenvalue weighted by atomic mass is 10.1. The number of rotatable bonds is 6. The van der Waals surface area contributed by atoms with Crippen LogP contribution in [-0.4, -0.2) is 45.2 Å². The fourth-order valence-corrected chi connectivity index (χ4v) is 5.10. The van der Waals surface area contributed by atoms with E-state index in [1.165, 1.54) is 23.5 Å². The predicted molar refractivity (Wildman–Crippen MR) is 120 cm³/mol. The smallest absolute Gasteiger partial charge is 0.230 e. The third kappa shape index (κ3) is 4.62. The lowest BCUT2D eigenvalue weighted by molar-refractivity contribution is -0.115. The highest BCUT2D eigenvalue weighted by atomic mass is 32.1. The third-order valence-corrected chi connectivity index (χ3v) is 6.73. The van der Waals surface area contributed by atoms with Crippen molar-refractivity contribution in [1.29, 1.82) is 0 Å². The van der Waals surface area contributed by atoms with Crippen LogP contribution in [0.1, 0.15) is 12.0 Å². The Kier molecular flexibility index (Phi) is 5.43. The summed E-state index contributed by atoms with van der Waals surface area (Å²) < 4.78 is 14.1. The molecule has 0 unspecified atom stereocenters. The Morgan fingerprint density at radius 3 is 2.84 bits per heavy atom. The number of fused-ring (bicyclic) bond motifs is 1. The van der Waals surface area contributed by atoms with Gasteiger partial charge in [-0.05, 0) is 36.2 Å². The van der Waals surface area contributed by atoms with E-state index in [9.17, 15) is 9.18 Å². The Morgan fingerprint density at radius 1 is 1.16 bits per heavy atom. The summed E-state index contributed by atoms with van der Waals surface area (Å²) in [6.45, 7) is 1.71. The second-order valence-corrected chi connectivity index (χ2v) is 9.15. The fourth-order valence-electron chi connectivity index (χ4n) is 3.40. The number of anilines is 3. The van der Waals surface area contributed by atoms with E-state index in [-0.39, 0.29) is 24.2 Å². The number of amides is 1. The van der Waals surface area contributed by atoms with Gasteiger partial charge < -0.3 is 15.5 Å². The van der Waals surface area contributed by atoms with Crippen LogP contribution >= 0.6 is 22.7 Å². The number of carbonyl (C=O) groups is 1. The third-order valence-electron chi connectivity index (χ3n) is 4.89. The van der Waals surface area contributed by atoms with Gasteiger partial charge >= 0.3 is 0 Å². The monoisotopic (exact) mass is 455 g/mol. The van der Waals surface area contributed by atoms with Crippen molar-refractivity contribution in [3.8, 4) is 0 Å². The molecule has 1 fully saturated rings. The average Bonchev–Trinajstić information content (AvgIpc) is 3.49. The molecule has 4 heterocycles. The molecule has 0 radical (unpaired) electrons. The first-order valence-electron chi connectivity index (χ1n) is 9.73. The van der Waals surface area contributed by atoms with Crippen LogP contribution in [0.4, 0.5) is 19.8 Å². The SMILES string of the molecule is O=C(Cc1ccc(F)cc1)Nc1nnc(N[C@@H]2CCN(c3nc4ncccc4s3)C2)s1. The van der Waals surface area contributed by atoms with E-state index in [2.05, 4.69) is 35.7 Å². The number of hydrogen-bond acceptors (Lipinski definition) is 9. The number of benzene rings is 1. The summed E-state index contributed by atoms with van der Waals surface area (Å²) in [5.74, 6) is -0.542. The van der Waals surface area contributed by atoms with Gasteiger partial charge in [-0.3, -0.25) is 4.79 Å². The lowest BCUT2D eigenvalue weighted by Gasteiger charge is -2.14. The zero-order chi connectivity index (χ0) is 21.2.